The van der Waals surface area contributed by atoms with E-state index in [1.807, 2.05) is 42.5 Å². The Bertz CT molecular complexity index is 547. The molecular formula is C15H14O3. The molecule has 2 aromatic rings. The van der Waals surface area contributed by atoms with E-state index in [0.29, 0.717) is 5.56 Å². The number of aromatic hydroxyl groups is 1. The molecule has 3 nitrogen and oxygen atoms in total. The summed E-state index contributed by atoms with van der Waals surface area (Å²) in [6.45, 7) is 0. The molecule has 0 bridgehead atoms. The van der Waals surface area contributed by atoms with Crippen LogP contribution in [0.2, 0.25) is 0 Å². The van der Waals surface area contributed by atoms with E-state index in [2.05, 4.69) is 4.74 Å². The van der Waals surface area contributed by atoms with E-state index in [1.54, 1.807) is 6.07 Å². The van der Waals surface area contributed by atoms with Crippen LogP contribution in [0.1, 0.15) is 5.56 Å². The van der Waals surface area contributed by atoms with Crippen molar-refractivity contribution in [2.45, 2.75) is 6.42 Å². The molecule has 0 aliphatic heterocycles. The van der Waals surface area contributed by atoms with Gasteiger partial charge < -0.3 is 9.84 Å². The molecule has 0 aliphatic rings. The second-order valence-corrected chi connectivity index (χ2v) is 3.96. The quantitative estimate of drug-likeness (QED) is 0.842. The van der Waals surface area contributed by atoms with Crippen molar-refractivity contribution in [1.82, 2.24) is 0 Å². The number of carbonyl (C=O) groups excluding carboxylic acids is 1. The molecule has 0 saturated carbocycles. The molecule has 1 N–H and O–H groups in total. The van der Waals surface area contributed by atoms with Crippen LogP contribution in [0.4, 0.5) is 0 Å². The first kappa shape index (κ1) is 12.2. The summed E-state index contributed by atoms with van der Waals surface area (Å²) in [4.78, 5) is 11.2. The van der Waals surface area contributed by atoms with Gasteiger partial charge >= 0.3 is 5.97 Å². The van der Waals surface area contributed by atoms with Crippen molar-refractivity contribution in [1.29, 1.82) is 0 Å². The van der Waals surface area contributed by atoms with Crippen molar-refractivity contribution in [2.75, 3.05) is 7.11 Å². The molecule has 2 rings (SSSR count). The zero-order valence-electron chi connectivity index (χ0n) is 10.1. The monoisotopic (exact) mass is 242 g/mol. The predicted octanol–water partition coefficient (Wildman–Crippen LogP) is 2.77. The number of carbonyl (C=O) groups is 1. The zero-order valence-corrected chi connectivity index (χ0v) is 10.1. The minimum absolute atomic E-state index is 0.0724. The highest BCUT2D eigenvalue weighted by atomic mass is 16.5. The lowest BCUT2D eigenvalue weighted by atomic mass is 10.0. The molecule has 18 heavy (non-hydrogen) atoms. The van der Waals surface area contributed by atoms with Gasteiger partial charge in [-0.05, 0) is 23.3 Å². The zero-order chi connectivity index (χ0) is 13.0. The number of benzene rings is 2. The van der Waals surface area contributed by atoms with Gasteiger partial charge in [0.1, 0.15) is 5.75 Å². The Labute approximate surface area is 106 Å². The van der Waals surface area contributed by atoms with Crippen molar-refractivity contribution in [2.24, 2.45) is 0 Å². The van der Waals surface area contributed by atoms with Crippen LogP contribution in [-0.2, 0) is 16.0 Å². The molecule has 0 fully saturated rings. The number of ether oxygens (including phenoxy) is 1. The molecule has 0 radical (unpaired) electrons. The van der Waals surface area contributed by atoms with Crippen LogP contribution in [0.5, 0.6) is 5.75 Å². The lowest BCUT2D eigenvalue weighted by Crippen LogP contribution is -2.04. The smallest absolute Gasteiger partial charge is 0.310 e. The molecule has 2 aromatic carbocycles. The van der Waals surface area contributed by atoms with Crippen LogP contribution >= 0.6 is 0 Å². The Morgan fingerprint density at radius 3 is 2.50 bits per heavy atom. The summed E-state index contributed by atoms with van der Waals surface area (Å²) < 4.78 is 4.60. The van der Waals surface area contributed by atoms with E-state index in [0.717, 1.165) is 11.1 Å². The summed E-state index contributed by atoms with van der Waals surface area (Å²) in [5, 5.41) is 9.72. The van der Waals surface area contributed by atoms with Crippen molar-refractivity contribution >= 4 is 5.97 Å². The molecule has 0 aromatic heterocycles. The summed E-state index contributed by atoms with van der Waals surface area (Å²) in [6, 6.07) is 15.0. The molecule has 0 aliphatic carbocycles. The fourth-order valence-electron chi connectivity index (χ4n) is 1.76. The first-order chi connectivity index (χ1) is 8.70. The van der Waals surface area contributed by atoms with E-state index in [-0.39, 0.29) is 18.1 Å². The molecule has 0 saturated heterocycles. The van der Waals surface area contributed by atoms with Gasteiger partial charge in [0.2, 0.25) is 0 Å². The summed E-state index contributed by atoms with van der Waals surface area (Å²) in [5.41, 5.74) is 2.58. The number of esters is 1. The first-order valence-corrected chi connectivity index (χ1v) is 5.65. The summed E-state index contributed by atoms with van der Waals surface area (Å²) in [5.74, 6) is -0.254. The Hall–Kier alpha value is -2.29. The average molecular weight is 242 g/mol. The van der Waals surface area contributed by atoms with Gasteiger partial charge in [-0.2, -0.15) is 0 Å². The van der Waals surface area contributed by atoms with Crippen molar-refractivity contribution in [3.8, 4) is 16.9 Å². The normalized spacial score (nSPS) is 10.1. The van der Waals surface area contributed by atoms with Crippen LogP contribution < -0.4 is 0 Å². The van der Waals surface area contributed by atoms with E-state index < -0.39 is 0 Å². The molecule has 0 atom stereocenters. The van der Waals surface area contributed by atoms with Crippen LogP contribution in [-0.4, -0.2) is 18.2 Å². The molecule has 0 spiro atoms. The number of methoxy groups -OCH3 is 1. The number of hydrogen-bond acceptors (Lipinski definition) is 3. The van der Waals surface area contributed by atoms with E-state index in [9.17, 15) is 9.90 Å². The van der Waals surface area contributed by atoms with Gasteiger partial charge in [0.05, 0.1) is 13.5 Å². The molecule has 0 unspecified atom stereocenters. The second kappa shape index (κ2) is 5.36. The van der Waals surface area contributed by atoms with Crippen LogP contribution in [0.15, 0.2) is 48.5 Å². The number of phenols is 1. The first-order valence-electron chi connectivity index (χ1n) is 5.65. The topological polar surface area (TPSA) is 46.5 Å². The fourth-order valence-corrected chi connectivity index (χ4v) is 1.76. The van der Waals surface area contributed by atoms with Gasteiger partial charge in [-0.15, -0.1) is 0 Å². The highest BCUT2D eigenvalue weighted by Gasteiger charge is 2.09. The second-order valence-electron chi connectivity index (χ2n) is 3.96. The van der Waals surface area contributed by atoms with Crippen molar-refractivity contribution < 1.29 is 14.6 Å². The van der Waals surface area contributed by atoms with Gasteiger partial charge in [0, 0.05) is 5.56 Å². The Morgan fingerprint density at radius 1 is 1.11 bits per heavy atom. The average Bonchev–Trinajstić information content (AvgIpc) is 2.42. The standard InChI is InChI=1S/C15H14O3/c1-18-15(17)10-13-9-12(7-8-14(13)16)11-5-3-2-4-6-11/h2-9,16H,10H2,1H3. The minimum atomic E-state index is -0.365. The Morgan fingerprint density at radius 2 is 1.83 bits per heavy atom. The van der Waals surface area contributed by atoms with Gasteiger partial charge in [0.25, 0.3) is 0 Å². The van der Waals surface area contributed by atoms with Gasteiger partial charge in [-0.3, -0.25) is 4.79 Å². The van der Waals surface area contributed by atoms with E-state index in [1.165, 1.54) is 7.11 Å². The molecule has 3 heteroatoms. The Balaban J connectivity index is 2.35. The third-order valence-electron chi connectivity index (χ3n) is 2.75. The summed E-state index contributed by atoms with van der Waals surface area (Å²) in [6.07, 6.45) is 0.0724. The van der Waals surface area contributed by atoms with E-state index in [4.69, 9.17) is 0 Å². The third kappa shape index (κ3) is 2.69. The van der Waals surface area contributed by atoms with Crippen LogP contribution in [0.25, 0.3) is 11.1 Å². The highest BCUT2D eigenvalue weighted by Crippen LogP contribution is 2.26. The molecular weight excluding hydrogens is 228 g/mol. The van der Waals surface area contributed by atoms with Crippen molar-refractivity contribution in [3.05, 3.63) is 54.1 Å². The number of phenolic OH excluding ortho intramolecular Hbond substituents is 1. The largest absolute Gasteiger partial charge is 0.508 e. The van der Waals surface area contributed by atoms with Crippen LogP contribution in [0, 0.1) is 0 Å². The lowest BCUT2D eigenvalue weighted by Gasteiger charge is -2.07. The maximum absolute atomic E-state index is 11.2. The molecule has 92 valence electrons. The highest BCUT2D eigenvalue weighted by molar-refractivity contribution is 5.75. The Kier molecular flexibility index (Phi) is 3.63. The number of rotatable bonds is 3. The predicted molar refractivity (Wildman–Crippen MR) is 69.3 cm³/mol. The summed E-state index contributed by atoms with van der Waals surface area (Å²) in [7, 11) is 1.33. The van der Waals surface area contributed by atoms with E-state index >= 15 is 0 Å². The summed E-state index contributed by atoms with van der Waals surface area (Å²) >= 11 is 0. The van der Waals surface area contributed by atoms with Crippen LogP contribution in [0.3, 0.4) is 0 Å². The third-order valence-corrected chi connectivity index (χ3v) is 2.75. The van der Waals surface area contributed by atoms with Gasteiger partial charge in [-0.1, -0.05) is 36.4 Å². The SMILES string of the molecule is COC(=O)Cc1cc(-c2ccccc2)ccc1O. The van der Waals surface area contributed by atoms with Gasteiger partial charge in [0.15, 0.2) is 0 Å². The van der Waals surface area contributed by atoms with Gasteiger partial charge in [-0.25, -0.2) is 0 Å². The van der Waals surface area contributed by atoms with Crippen molar-refractivity contribution in [3.63, 3.8) is 0 Å². The number of hydrogen-bond donors (Lipinski definition) is 1. The minimum Gasteiger partial charge on any atom is -0.508 e. The molecule has 0 heterocycles. The maximum atomic E-state index is 11.2. The fraction of sp³-hybridized carbons (Fsp3) is 0.133. The molecule has 0 amide bonds. The lowest BCUT2D eigenvalue weighted by molar-refractivity contribution is -0.139. The maximum Gasteiger partial charge on any atom is 0.310 e.